The Kier molecular flexibility index (Phi) is 3.89. The van der Waals surface area contributed by atoms with Crippen LogP contribution in [0.3, 0.4) is 0 Å². The van der Waals surface area contributed by atoms with E-state index in [4.69, 9.17) is 4.74 Å². The number of rotatable bonds is 3. The predicted octanol–water partition coefficient (Wildman–Crippen LogP) is 3.02. The fraction of sp³-hybridized carbons (Fsp3) is 0.462. The van der Waals surface area contributed by atoms with Crippen LogP contribution < -0.4 is 0 Å². The molecule has 0 bridgehead atoms. The first kappa shape index (κ1) is 11.8. The van der Waals surface area contributed by atoms with Gasteiger partial charge in [-0.05, 0) is 27.2 Å². The Balaban J connectivity index is 2.61. The van der Waals surface area contributed by atoms with E-state index in [1.54, 1.807) is 13.0 Å². The molecule has 0 aromatic heterocycles. The molecule has 0 aromatic carbocycles. The molecular formula is C13H18O2. The van der Waals surface area contributed by atoms with E-state index >= 15 is 0 Å². The molecule has 1 unspecified atom stereocenters. The Labute approximate surface area is 91.3 Å². The summed E-state index contributed by atoms with van der Waals surface area (Å²) in [5.74, 6) is -0.0119. The van der Waals surface area contributed by atoms with Gasteiger partial charge in [-0.3, -0.25) is 0 Å². The number of hydrogen-bond donors (Lipinski definition) is 0. The maximum atomic E-state index is 11.4. The summed E-state index contributed by atoms with van der Waals surface area (Å²) < 4.78 is 5.41. The summed E-state index contributed by atoms with van der Waals surface area (Å²) in [5.41, 5.74) is -0.447. The first-order valence-corrected chi connectivity index (χ1v) is 5.25. The topological polar surface area (TPSA) is 26.3 Å². The number of allylic oxidation sites excluding steroid dienone is 4. The molecule has 2 nitrogen and oxygen atoms in total. The molecule has 0 heterocycles. The third-order valence-corrected chi connectivity index (χ3v) is 2.54. The number of hydrogen-bond acceptors (Lipinski definition) is 2. The van der Waals surface area contributed by atoms with Gasteiger partial charge in [0, 0.05) is 12.0 Å². The monoisotopic (exact) mass is 206 g/mol. The predicted molar refractivity (Wildman–Crippen MR) is 61.4 cm³/mol. The molecular weight excluding hydrogens is 188 g/mol. The largest absolute Gasteiger partial charge is 0.456 e. The second-order valence-electron chi connectivity index (χ2n) is 4.18. The maximum absolute atomic E-state index is 11.4. The number of ether oxygens (including phenoxy) is 1. The van der Waals surface area contributed by atoms with Crippen LogP contribution in [-0.2, 0) is 9.53 Å². The molecule has 82 valence electrons. The molecule has 2 heteroatoms. The highest BCUT2D eigenvalue weighted by Crippen LogP contribution is 2.28. The van der Waals surface area contributed by atoms with Crippen molar-refractivity contribution in [3.05, 3.63) is 36.5 Å². The Bertz CT molecular complexity index is 308. The van der Waals surface area contributed by atoms with Gasteiger partial charge < -0.3 is 4.74 Å². The van der Waals surface area contributed by atoms with E-state index in [0.717, 1.165) is 6.42 Å². The van der Waals surface area contributed by atoms with Gasteiger partial charge in [-0.25, -0.2) is 4.79 Å². The van der Waals surface area contributed by atoms with Crippen LogP contribution in [0.15, 0.2) is 36.5 Å². The van der Waals surface area contributed by atoms with Crippen LogP contribution in [0.5, 0.6) is 0 Å². The van der Waals surface area contributed by atoms with Crippen molar-refractivity contribution < 1.29 is 9.53 Å². The van der Waals surface area contributed by atoms with E-state index in [2.05, 4.69) is 12.2 Å². The molecule has 0 saturated heterocycles. The van der Waals surface area contributed by atoms with Crippen LogP contribution >= 0.6 is 0 Å². The third kappa shape index (κ3) is 3.39. The van der Waals surface area contributed by atoms with Gasteiger partial charge in [-0.1, -0.05) is 30.4 Å². The summed E-state index contributed by atoms with van der Waals surface area (Å²) >= 11 is 0. The first-order chi connectivity index (χ1) is 7.06. The van der Waals surface area contributed by atoms with Gasteiger partial charge in [0.1, 0.15) is 5.60 Å². The second-order valence-corrected chi connectivity index (χ2v) is 4.18. The standard InChI is InChI=1S/C13H18O2/c1-4-8-12(14)15-13(2,3)11-9-6-5-7-10-11/h4-9,11H,10H2,1-3H3/b8-4+. The molecule has 0 radical (unpaired) electrons. The van der Waals surface area contributed by atoms with Crippen LogP contribution in [-0.4, -0.2) is 11.6 Å². The van der Waals surface area contributed by atoms with E-state index in [-0.39, 0.29) is 11.9 Å². The van der Waals surface area contributed by atoms with Crippen LogP contribution in [0.2, 0.25) is 0 Å². The SMILES string of the molecule is C/C=C/C(=O)OC(C)(C)C1C=CC=CC1. The van der Waals surface area contributed by atoms with Crippen molar-refractivity contribution >= 4 is 5.97 Å². The van der Waals surface area contributed by atoms with E-state index in [9.17, 15) is 4.79 Å². The molecule has 0 spiro atoms. The molecule has 0 aliphatic heterocycles. The minimum atomic E-state index is -0.447. The van der Waals surface area contributed by atoms with Crippen molar-refractivity contribution in [2.75, 3.05) is 0 Å². The van der Waals surface area contributed by atoms with E-state index in [1.807, 2.05) is 26.0 Å². The second kappa shape index (κ2) is 4.96. The Hall–Kier alpha value is -1.31. The van der Waals surface area contributed by atoms with Gasteiger partial charge in [0.25, 0.3) is 0 Å². The molecule has 1 aliphatic carbocycles. The van der Waals surface area contributed by atoms with E-state index in [0.29, 0.717) is 0 Å². The lowest BCUT2D eigenvalue weighted by molar-refractivity contribution is -0.153. The Morgan fingerprint density at radius 3 is 2.73 bits per heavy atom. The average molecular weight is 206 g/mol. The highest BCUT2D eigenvalue weighted by Gasteiger charge is 2.30. The zero-order valence-corrected chi connectivity index (χ0v) is 9.57. The van der Waals surface area contributed by atoms with Crippen molar-refractivity contribution in [1.82, 2.24) is 0 Å². The fourth-order valence-corrected chi connectivity index (χ4v) is 1.60. The van der Waals surface area contributed by atoms with Crippen molar-refractivity contribution in [3.63, 3.8) is 0 Å². The minimum absolute atomic E-state index is 0.261. The van der Waals surface area contributed by atoms with Crippen molar-refractivity contribution in [3.8, 4) is 0 Å². The normalized spacial score (nSPS) is 20.9. The van der Waals surface area contributed by atoms with Crippen LogP contribution in [0.4, 0.5) is 0 Å². The first-order valence-electron chi connectivity index (χ1n) is 5.25. The molecule has 0 aromatic rings. The van der Waals surface area contributed by atoms with Gasteiger partial charge in [0.2, 0.25) is 0 Å². The molecule has 0 amide bonds. The molecule has 1 aliphatic rings. The van der Waals surface area contributed by atoms with Crippen molar-refractivity contribution in [1.29, 1.82) is 0 Å². The van der Waals surface area contributed by atoms with Crippen LogP contribution in [0, 0.1) is 5.92 Å². The lowest BCUT2D eigenvalue weighted by atomic mass is 9.85. The zero-order valence-electron chi connectivity index (χ0n) is 9.57. The van der Waals surface area contributed by atoms with Gasteiger partial charge in [-0.15, -0.1) is 0 Å². The summed E-state index contributed by atoms with van der Waals surface area (Å²) in [4.78, 5) is 11.4. The number of carbonyl (C=O) groups excluding carboxylic acids is 1. The quantitative estimate of drug-likeness (QED) is 0.524. The Morgan fingerprint density at radius 1 is 1.47 bits per heavy atom. The molecule has 15 heavy (non-hydrogen) atoms. The fourth-order valence-electron chi connectivity index (χ4n) is 1.60. The molecule has 1 rings (SSSR count). The maximum Gasteiger partial charge on any atom is 0.330 e. The zero-order chi connectivity index (χ0) is 11.3. The lowest BCUT2D eigenvalue weighted by Gasteiger charge is -2.32. The van der Waals surface area contributed by atoms with Gasteiger partial charge in [0.15, 0.2) is 0 Å². The summed E-state index contributed by atoms with van der Waals surface area (Å²) in [6.45, 7) is 5.70. The molecule has 0 fully saturated rings. The van der Waals surface area contributed by atoms with Gasteiger partial charge in [0.05, 0.1) is 0 Å². The highest BCUT2D eigenvalue weighted by molar-refractivity contribution is 5.82. The van der Waals surface area contributed by atoms with E-state index in [1.165, 1.54) is 6.08 Å². The molecule has 0 N–H and O–H groups in total. The molecule has 0 saturated carbocycles. The van der Waals surface area contributed by atoms with Gasteiger partial charge >= 0.3 is 5.97 Å². The summed E-state index contributed by atoms with van der Waals surface area (Å²) in [6.07, 6.45) is 12.3. The summed E-state index contributed by atoms with van der Waals surface area (Å²) in [7, 11) is 0. The average Bonchev–Trinajstić information content (AvgIpc) is 2.18. The molecule has 1 atom stereocenters. The summed E-state index contributed by atoms with van der Waals surface area (Å²) in [6, 6.07) is 0. The lowest BCUT2D eigenvalue weighted by Crippen LogP contribution is -2.35. The minimum Gasteiger partial charge on any atom is -0.456 e. The van der Waals surface area contributed by atoms with Crippen LogP contribution in [0.1, 0.15) is 27.2 Å². The van der Waals surface area contributed by atoms with Crippen molar-refractivity contribution in [2.45, 2.75) is 32.8 Å². The van der Waals surface area contributed by atoms with E-state index < -0.39 is 5.60 Å². The summed E-state index contributed by atoms with van der Waals surface area (Å²) in [5, 5.41) is 0. The van der Waals surface area contributed by atoms with Crippen LogP contribution in [0.25, 0.3) is 0 Å². The van der Waals surface area contributed by atoms with Gasteiger partial charge in [-0.2, -0.15) is 0 Å². The Morgan fingerprint density at radius 2 is 2.20 bits per heavy atom. The number of carbonyl (C=O) groups is 1. The van der Waals surface area contributed by atoms with Crippen molar-refractivity contribution in [2.24, 2.45) is 5.92 Å². The third-order valence-electron chi connectivity index (χ3n) is 2.54. The smallest absolute Gasteiger partial charge is 0.330 e. The highest BCUT2D eigenvalue weighted by atomic mass is 16.6. The number of esters is 1.